The van der Waals surface area contributed by atoms with E-state index in [9.17, 15) is 17.9 Å². The van der Waals surface area contributed by atoms with Gasteiger partial charge in [0.05, 0.1) is 12.0 Å². The van der Waals surface area contributed by atoms with Gasteiger partial charge in [-0.1, -0.05) is 42.0 Å². The Morgan fingerprint density at radius 1 is 0.963 bits per heavy atom. The molecule has 3 aromatic rings. The molecule has 6 heteroatoms. The fourth-order valence-corrected chi connectivity index (χ4v) is 4.77. The molecule has 1 unspecified atom stereocenters. The van der Waals surface area contributed by atoms with E-state index in [1.807, 2.05) is 6.92 Å². The van der Waals surface area contributed by atoms with Gasteiger partial charge < -0.3 is 9.84 Å². The molecular weight excluding hydrogens is 367 g/mol. The summed E-state index contributed by atoms with van der Waals surface area (Å²) in [5, 5.41) is 9.35. The van der Waals surface area contributed by atoms with Crippen LogP contribution in [0.4, 0.5) is 4.39 Å². The maximum atomic E-state index is 13.4. The number of phenolic OH excluding ortho intramolecular Hbond substituents is 1. The number of hydrogen-bond donors (Lipinski definition) is 1. The van der Waals surface area contributed by atoms with Crippen molar-refractivity contribution in [2.45, 2.75) is 17.1 Å². The fraction of sp³-hybridized carbons (Fsp3) is 0.143. The summed E-state index contributed by atoms with van der Waals surface area (Å²) in [5.41, 5.74) is 1.44. The predicted molar refractivity (Wildman–Crippen MR) is 101 cm³/mol. The van der Waals surface area contributed by atoms with E-state index >= 15 is 0 Å². The van der Waals surface area contributed by atoms with Crippen LogP contribution in [0.5, 0.6) is 11.5 Å². The van der Waals surface area contributed by atoms with Crippen LogP contribution in [0.15, 0.2) is 71.6 Å². The Kier molecular flexibility index (Phi) is 5.19. The van der Waals surface area contributed by atoms with Crippen LogP contribution in [-0.2, 0) is 9.84 Å². The van der Waals surface area contributed by atoms with Crippen LogP contribution in [0, 0.1) is 12.7 Å². The van der Waals surface area contributed by atoms with Gasteiger partial charge in [0.15, 0.2) is 21.3 Å². The number of benzene rings is 3. The fourth-order valence-electron chi connectivity index (χ4n) is 2.94. The smallest absolute Gasteiger partial charge is 0.189 e. The summed E-state index contributed by atoms with van der Waals surface area (Å²) in [6, 6.07) is 16.4. The summed E-state index contributed by atoms with van der Waals surface area (Å²) >= 11 is 0. The van der Waals surface area contributed by atoms with Gasteiger partial charge in [-0.2, -0.15) is 0 Å². The lowest BCUT2D eigenvalue weighted by atomic mass is 10.0. The zero-order valence-electron chi connectivity index (χ0n) is 14.9. The van der Waals surface area contributed by atoms with Crippen LogP contribution in [0.1, 0.15) is 21.9 Å². The van der Waals surface area contributed by atoms with Crippen LogP contribution in [0.3, 0.4) is 0 Å². The molecule has 1 atom stereocenters. The quantitative estimate of drug-likeness (QED) is 0.705. The van der Waals surface area contributed by atoms with E-state index in [0.717, 1.165) is 5.56 Å². The lowest BCUT2D eigenvalue weighted by molar-refractivity contribution is 0.370. The van der Waals surface area contributed by atoms with Crippen molar-refractivity contribution in [3.63, 3.8) is 0 Å². The maximum absolute atomic E-state index is 13.4. The normalized spacial score (nSPS) is 12.6. The standard InChI is InChI=1S/C21H19FO4S/c1-14-6-12-17(13-7-14)27(24,25)21(15-8-10-16(22)11-9-15)18-4-3-5-19(26-2)20(18)23/h3-13,21,23H,1-2H3. The Labute approximate surface area is 157 Å². The third-order valence-corrected chi connectivity index (χ3v) is 6.44. The van der Waals surface area contributed by atoms with Crippen LogP contribution in [0.2, 0.25) is 0 Å². The van der Waals surface area contributed by atoms with Crippen molar-refractivity contribution in [2.24, 2.45) is 0 Å². The molecule has 0 amide bonds. The highest BCUT2D eigenvalue weighted by Gasteiger charge is 2.33. The Hall–Kier alpha value is -2.86. The second-order valence-electron chi connectivity index (χ2n) is 6.19. The van der Waals surface area contributed by atoms with E-state index in [1.54, 1.807) is 24.3 Å². The summed E-state index contributed by atoms with van der Waals surface area (Å²) < 4.78 is 45.4. The molecular formula is C21H19FO4S. The lowest BCUT2D eigenvalue weighted by Crippen LogP contribution is -2.16. The minimum atomic E-state index is -3.92. The SMILES string of the molecule is COc1cccc(C(c2ccc(F)cc2)S(=O)(=O)c2ccc(C)cc2)c1O. The summed E-state index contributed by atoms with van der Waals surface area (Å²) in [4.78, 5) is 0.115. The molecule has 0 radical (unpaired) electrons. The van der Waals surface area contributed by atoms with E-state index in [-0.39, 0.29) is 22.0 Å². The van der Waals surface area contributed by atoms with Gasteiger partial charge in [-0.25, -0.2) is 12.8 Å². The third-order valence-electron chi connectivity index (χ3n) is 4.37. The minimum absolute atomic E-state index is 0.115. The lowest BCUT2D eigenvalue weighted by Gasteiger charge is -2.21. The van der Waals surface area contributed by atoms with Gasteiger partial charge in [0.25, 0.3) is 0 Å². The number of rotatable bonds is 5. The van der Waals surface area contributed by atoms with Gasteiger partial charge in [-0.3, -0.25) is 0 Å². The average molecular weight is 386 g/mol. The Morgan fingerprint density at radius 3 is 2.19 bits per heavy atom. The molecule has 0 fully saturated rings. The Morgan fingerprint density at radius 2 is 1.59 bits per heavy atom. The molecule has 0 aromatic heterocycles. The number of aryl methyl sites for hydroxylation is 1. The van der Waals surface area contributed by atoms with Crippen LogP contribution in [0.25, 0.3) is 0 Å². The van der Waals surface area contributed by atoms with Crippen molar-refractivity contribution < 1.29 is 22.7 Å². The van der Waals surface area contributed by atoms with Crippen LogP contribution in [-0.4, -0.2) is 20.6 Å². The highest BCUT2D eigenvalue weighted by Crippen LogP contribution is 2.42. The first-order valence-electron chi connectivity index (χ1n) is 8.26. The molecule has 3 rings (SSSR count). The van der Waals surface area contributed by atoms with Crippen molar-refractivity contribution in [1.29, 1.82) is 0 Å². The molecule has 0 bridgehead atoms. The zero-order chi connectivity index (χ0) is 19.6. The van der Waals surface area contributed by atoms with Gasteiger partial charge >= 0.3 is 0 Å². The molecule has 0 heterocycles. The molecule has 0 saturated carbocycles. The molecule has 0 aliphatic carbocycles. The highest BCUT2D eigenvalue weighted by molar-refractivity contribution is 7.92. The number of methoxy groups -OCH3 is 1. The topological polar surface area (TPSA) is 63.6 Å². The molecule has 27 heavy (non-hydrogen) atoms. The molecule has 140 valence electrons. The number of halogens is 1. The number of ether oxygens (including phenoxy) is 1. The summed E-state index contributed by atoms with van der Waals surface area (Å²) in [6.45, 7) is 1.86. The molecule has 4 nitrogen and oxygen atoms in total. The van der Waals surface area contributed by atoms with E-state index in [2.05, 4.69) is 0 Å². The van der Waals surface area contributed by atoms with Gasteiger partial charge in [0.2, 0.25) is 0 Å². The number of hydrogen-bond acceptors (Lipinski definition) is 4. The van der Waals surface area contributed by atoms with E-state index in [1.165, 1.54) is 49.6 Å². The zero-order valence-corrected chi connectivity index (χ0v) is 15.7. The van der Waals surface area contributed by atoms with Crippen molar-refractivity contribution in [1.82, 2.24) is 0 Å². The summed E-state index contributed by atoms with van der Waals surface area (Å²) in [7, 11) is -2.53. The second-order valence-corrected chi connectivity index (χ2v) is 8.22. The van der Waals surface area contributed by atoms with E-state index in [0.29, 0.717) is 5.56 Å². The van der Waals surface area contributed by atoms with Crippen LogP contribution < -0.4 is 4.74 Å². The first-order chi connectivity index (χ1) is 12.8. The number of aromatic hydroxyl groups is 1. The van der Waals surface area contributed by atoms with Gasteiger partial charge in [-0.15, -0.1) is 0 Å². The monoisotopic (exact) mass is 386 g/mol. The van der Waals surface area contributed by atoms with Gasteiger partial charge in [0, 0.05) is 5.56 Å². The number of phenols is 1. The van der Waals surface area contributed by atoms with Crippen molar-refractivity contribution in [3.8, 4) is 11.5 Å². The maximum Gasteiger partial charge on any atom is 0.189 e. The van der Waals surface area contributed by atoms with Crippen molar-refractivity contribution in [2.75, 3.05) is 7.11 Å². The third kappa shape index (κ3) is 3.66. The largest absolute Gasteiger partial charge is 0.504 e. The summed E-state index contributed by atoms with van der Waals surface area (Å²) in [5.74, 6) is -0.566. The Bertz CT molecular complexity index is 1040. The highest BCUT2D eigenvalue weighted by atomic mass is 32.2. The van der Waals surface area contributed by atoms with E-state index < -0.39 is 20.9 Å². The van der Waals surface area contributed by atoms with Crippen molar-refractivity contribution >= 4 is 9.84 Å². The molecule has 0 aliphatic heterocycles. The second kappa shape index (κ2) is 7.40. The van der Waals surface area contributed by atoms with Gasteiger partial charge in [-0.05, 0) is 42.8 Å². The predicted octanol–water partition coefficient (Wildman–Crippen LogP) is 4.41. The Balaban J connectivity index is 2.25. The number of para-hydroxylation sites is 1. The average Bonchev–Trinajstić information content (AvgIpc) is 2.65. The first-order valence-corrected chi connectivity index (χ1v) is 9.81. The van der Waals surface area contributed by atoms with Gasteiger partial charge in [0.1, 0.15) is 11.1 Å². The van der Waals surface area contributed by atoms with Crippen molar-refractivity contribution in [3.05, 3.63) is 89.2 Å². The molecule has 0 saturated heterocycles. The first kappa shape index (κ1) is 18.9. The minimum Gasteiger partial charge on any atom is -0.504 e. The molecule has 0 aliphatic rings. The summed E-state index contributed by atoms with van der Waals surface area (Å²) in [6.07, 6.45) is 0. The number of sulfone groups is 1. The van der Waals surface area contributed by atoms with E-state index in [4.69, 9.17) is 4.74 Å². The molecule has 0 spiro atoms. The molecule has 1 N–H and O–H groups in total. The molecule has 3 aromatic carbocycles. The van der Waals surface area contributed by atoms with Crippen LogP contribution >= 0.6 is 0 Å².